The summed E-state index contributed by atoms with van der Waals surface area (Å²) < 4.78 is 0. The first-order valence-corrected chi connectivity index (χ1v) is 5.72. The Bertz CT molecular complexity index is 442. The van der Waals surface area contributed by atoms with Crippen molar-refractivity contribution in [2.45, 2.75) is 19.9 Å². The third kappa shape index (κ3) is 3.30. The SMILES string of the molecule is CC(C)N(CCO)C(=O)c1cccc(C(=O)O)c1. The first-order valence-electron chi connectivity index (χ1n) is 5.72. The molecule has 1 aromatic rings. The summed E-state index contributed by atoms with van der Waals surface area (Å²) >= 11 is 0. The lowest BCUT2D eigenvalue weighted by Crippen LogP contribution is -2.39. The van der Waals surface area contributed by atoms with Gasteiger partial charge in [0.15, 0.2) is 0 Å². The highest BCUT2D eigenvalue weighted by Crippen LogP contribution is 2.11. The summed E-state index contributed by atoms with van der Waals surface area (Å²) in [5.74, 6) is -1.34. The van der Waals surface area contributed by atoms with E-state index in [9.17, 15) is 9.59 Å². The van der Waals surface area contributed by atoms with E-state index in [0.29, 0.717) is 5.56 Å². The smallest absolute Gasteiger partial charge is 0.335 e. The minimum absolute atomic E-state index is 0.0573. The fourth-order valence-electron chi connectivity index (χ4n) is 1.65. The van der Waals surface area contributed by atoms with E-state index in [1.165, 1.54) is 23.1 Å². The average Bonchev–Trinajstić information content (AvgIpc) is 2.35. The molecule has 0 unspecified atom stereocenters. The summed E-state index contributed by atoms with van der Waals surface area (Å²) in [5, 5.41) is 17.8. The monoisotopic (exact) mass is 251 g/mol. The maximum Gasteiger partial charge on any atom is 0.335 e. The van der Waals surface area contributed by atoms with Crippen LogP contribution in [0.2, 0.25) is 0 Å². The number of aliphatic hydroxyl groups is 1. The Morgan fingerprint density at radius 3 is 2.39 bits per heavy atom. The van der Waals surface area contributed by atoms with Gasteiger partial charge in [-0.15, -0.1) is 0 Å². The predicted octanol–water partition coefficient (Wildman–Crippen LogP) is 1.23. The Morgan fingerprint density at radius 2 is 1.89 bits per heavy atom. The van der Waals surface area contributed by atoms with Gasteiger partial charge in [-0.05, 0) is 32.0 Å². The quantitative estimate of drug-likeness (QED) is 0.825. The van der Waals surface area contributed by atoms with Crippen LogP contribution in [0.15, 0.2) is 24.3 Å². The second-order valence-electron chi connectivity index (χ2n) is 4.20. The first-order chi connectivity index (χ1) is 8.47. The van der Waals surface area contributed by atoms with Crippen molar-refractivity contribution in [1.29, 1.82) is 0 Å². The van der Waals surface area contributed by atoms with Gasteiger partial charge < -0.3 is 15.1 Å². The third-order valence-electron chi connectivity index (χ3n) is 2.58. The van der Waals surface area contributed by atoms with Crippen molar-refractivity contribution >= 4 is 11.9 Å². The van der Waals surface area contributed by atoms with Gasteiger partial charge in [0, 0.05) is 18.2 Å². The number of rotatable bonds is 5. The van der Waals surface area contributed by atoms with Crippen molar-refractivity contribution in [2.24, 2.45) is 0 Å². The minimum Gasteiger partial charge on any atom is -0.478 e. The molecular weight excluding hydrogens is 234 g/mol. The topological polar surface area (TPSA) is 77.8 Å². The van der Waals surface area contributed by atoms with Gasteiger partial charge in [0.25, 0.3) is 5.91 Å². The van der Waals surface area contributed by atoms with Crippen LogP contribution in [0.5, 0.6) is 0 Å². The van der Waals surface area contributed by atoms with Crippen molar-refractivity contribution in [3.05, 3.63) is 35.4 Å². The second kappa shape index (κ2) is 6.16. The molecular formula is C13H17NO4. The third-order valence-corrected chi connectivity index (χ3v) is 2.58. The molecule has 0 aromatic heterocycles. The molecule has 1 rings (SSSR count). The second-order valence-corrected chi connectivity index (χ2v) is 4.20. The molecule has 18 heavy (non-hydrogen) atoms. The molecule has 0 saturated heterocycles. The lowest BCUT2D eigenvalue weighted by molar-refractivity contribution is 0.0665. The highest BCUT2D eigenvalue weighted by molar-refractivity contribution is 5.97. The summed E-state index contributed by atoms with van der Waals surface area (Å²) in [4.78, 5) is 24.5. The van der Waals surface area contributed by atoms with Gasteiger partial charge in [-0.25, -0.2) is 4.79 Å². The Morgan fingerprint density at radius 1 is 1.28 bits per heavy atom. The lowest BCUT2D eigenvalue weighted by atomic mass is 10.1. The number of aliphatic hydroxyl groups excluding tert-OH is 1. The molecule has 1 amide bonds. The molecule has 0 heterocycles. The number of carbonyl (C=O) groups excluding carboxylic acids is 1. The Balaban J connectivity index is 3.01. The molecule has 98 valence electrons. The summed E-state index contributed by atoms with van der Waals surface area (Å²) in [7, 11) is 0. The number of carboxylic acid groups (broad SMARTS) is 1. The molecule has 0 aliphatic carbocycles. The van der Waals surface area contributed by atoms with Crippen LogP contribution < -0.4 is 0 Å². The van der Waals surface area contributed by atoms with Crippen LogP contribution in [0.3, 0.4) is 0 Å². The standard InChI is InChI=1S/C13H17NO4/c1-9(2)14(6-7-15)12(16)10-4-3-5-11(8-10)13(17)18/h3-5,8-9,15H,6-7H2,1-2H3,(H,17,18). The Labute approximate surface area is 106 Å². The number of benzene rings is 1. The van der Waals surface area contributed by atoms with Crippen LogP contribution in [0.25, 0.3) is 0 Å². The molecule has 0 bridgehead atoms. The van der Waals surface area contributed by atoms with E-state index in [-0.39, 0.29) is 30.7 Å². The number of nitrogens with zero attached hydrogens (tertiary/aromatic N) is 1. The Kier molecular flexibility index (Phi) is 4.85. The highest BCUT2D eigenvalue weighted by atomic mass is 16.4. The fourth-order valence-corrected chi connectivity index (χ4v) is 1.65. The van der Waals surface area contributed by atoms with Crippen molar-refractivity contribution in [3.63, 3.8) is 0 Å². The lowest BCUT2D eigenvalue weighted by Gasteiger charge is -2.26. The molecule has 2 N–H and O–H groups in total. The van der Waals surface area contributed by atoms with E-state index in [4.69, 9.17) is 10.2 Å². The zero-order chi connectivity index (χ0) is 13.7. The normalized spacial score (nSPS) is 10.4. The van der Waals surface area contributed by atoms with E-state index in [1.807, 2.05) is 13.8 Å². The number of aromatic carboxylic acids is 1. The molecule has 5 nitrogen and oxygen atoms in total. The van der Waals surface area contributed by atoms with Gasteiger partial charge in [0.2, 0.25) is 0 Å². The summed E-state index contributed by atoms with van der Waals surface area (Å²) in [5.41, 5.74) is 0.394. The van der Waals surface area contributed by atoms with E-state index in [2.05, 4.69) is 0 Å². The van der Waals surface area contributed by atoms with Gasteiger partial charge in [-0.3, -0.25) is 4.79 Å². The van der Waals surface area contributed by atoms with E-state index in [1.54, 1.807) is 6.07 Å². The summed E-state index contributed by atoms with van der Waals surface area (Å²) in [6, 6.07) is 5.83. The molecule has 5 heteroatoms. The molecule has 0 radical (unpaired) electrons. The van der Waals surface area contributed by atoms with E-state index in [0.717, 1.165) is 0 Å². The van der Waals surface area contributed by atoms with Crippen molar-refractivity contribution in [3.8, 4) is 0 Å². The highest BCUT2D eigenvalue weighted by Gasteiger charge is 2.19. The van der Waals surface area contributed by atoms with E-state index < -0.39 is 5.97 Å². The van der Waals surface area contributed by atoms with Gasteiger partial charge >= 0.3 is 5.97 Å². The zero-order valence-corrected chi connectivity index (χ0v) is 10.5. The summed E-state index contributed by atoms with van der Waals surface area (Å²) in [6.07, 6.45) is 0. The van der Waals surface area contributed by atoms with Gasteiger partial charge in [-0.1, -0.05) is 6.07 Å². The minimum atomic E-state index is -1.07. The molecule has 0 atom stereocenters. The Hall–Kier alpha value is -1.88. The number of hydrogen-bond donors (Lipinski definition) is 2. The largest absolute Gasteiger partial charge is 0.478 e. The van der Waals surface area contributed by atoms with Crippen molar-refractivity contribution in [1.82, 2.24) is 4.90 Å². The molecule has 0 saturated carbocycles. The molecule has 0 aliphatic heterocycles. The van der Waals surface area contributed by atoms with E-state index >= 15 is 0 Å². The van der Waals surface area contributed by atoms with Crippen molar-refractivity contribution in [2.75, 3.05) is 13.2 Å². The molecule has 0 spiro atoms. The zero-order valence-electron chi connectivity index (χ0n) is 10.5. The fraction of sp³-hybridized carbons (Fsp3) is 0.385. The molecule has 0 aliphatic rings. The van der Waals surface area contributed by atoms with Crippen LogP contribution in [-0.4, -0.2) is 46.2 Å². The molecule has 0 fully saturated rings. The number of carbonyl (C=O) groups is 2. The maximum absolute atomic E-state index is 12.2. The van der Waals surface area contributed by atoms with Crippen LogP contribution in [0.1, 0.15) is 34.6 Å². The van der Waals surface area contributed by atoms with Crippen molar-refractivity contribution < 1.29 is 19.8 Å². The van der Waals surface area contributed by atoms with Crippen LogP contribution >= 0.6 is 0 Å². The average molecular weight is 251 g/mol. The van der Waals surface area contributed by atoms with Crippen LogP contribution in [0.4, 0.5) is 0 Å². The van der Waals surface area contributed by atoms with Gasteiger partial charge in [0.05, 0.1) is 12.2 Å². The number of carboxylic acids is 1. The maximum atomic E-state index is 12.2. The number of amides is 1. The van der Waals surface area contributed by atoms with Gasteiger partial charge in [-0.2, -0.15) is 0 Å². The van der Waals surface area contributed by atoms with Crippen LogP contribution in [0, 0.1) is 0 Å². The molecule has 1 aromatic carbocycles. The first kappa shape index (κ1) is 14.2. The van der Waals surface area contributed by atoms with Gasteiger partial charge in [0.1, 0.15) is 0 Å². The predicted molar refractivity (Wildman–Crippen MR) is 66.7 cm³/mol. The van der Waals surface area contributed by atoms with Crippen LogP contribution in [-0.2, 0) is 0 Å². The number of hydrogen-bond acceptors (Lipinski definition) is 3. The summed E-state index contributed by atoms with van der Waals surface area (Å²) in [6.45, 7) is 3.79.